The first-order valence-corrected chi connectivity index (χ1v) is 7.90. The minimum absolute atomic E-state index is 0.0281. The van der Waals surface area contributed by atoms with E-state index in [2.05, 4.69) is 9.97 Å². The smallest absolute Gasteiger partial charge is 0.383 e. The van der Waals surface area contributed by atoms with Crippen LogP contribution in [0.2, 0.25) is 0 Å². The molecule has 1 amide bonds. The third-order valence-corrected chi connectivity index (χ3v) is 4.72. The molecule has 0 aliphatic carbocycles. The molecule has 3 heterocycles. The second-order valence-corrected chi connectivity index (χ2v) is 6.38. The summed E-state index contributed by atoms with van der Waals surface area (Å²) in [6, 6.07) is 0.0281. The van der Waals surface area contributed by atoms with E-state index >= 15 is 0 Å². The fourth-order valence-corrected chi connectivity index (χ4v) is 3.42. The van der Waals surface area contributed by atoms with Gasteiger partial charge in [0.2, 0.25) is 5.95 Å². The molecular formula is C15H19F3N4O2. The number of carbonyl (C=O) groups excluding carboxylic acids is 1. The van der Waals surface area contributed by atoms with Gasteiger partial charge in [0.1, 0.15) is 6.10 Å². The maximum absolute atomic E-state index is 12.6. The van der Waals surface area contributed by atoms with Crippen LogP contribution in [-0.2, 0) is 11.0 Å². The molecule has 6 nitrogen and oxygen atoms in total. The largest absolute Gasteiger partial charge is 0.419 e. The summed E-state index contributed by atoms with van der Waals surface area (Å²) in [5.74, 6) is 0.144. The van der Waals surface area contributed by atoms with E-state index in [0.29, 0.717) is 32.5 Å². The van der Waals surface area contributed by atoms with Crippen LogP contribution in [0.25, 0.3) is 0 Å². The molecule has 0 radical (unpaired) electrons. The molecule has 1 aromatic heterocycles. The first-order valence-electron chi connectivity index (χ1n) is 7.90. The van der Waals surface area contributed by atoms with Crippen molar-refractivity contribution in [3.8, 4) is 0 Å². The number of rotatable bonds is 2. The highest BCUT2D eigenvalue weighted by Gasteiger charge is 2.39. The average Bonchev–Trinajstić information content (AvgIpc) is 2.86. The Balaban J connectivity index is 1.66. The van der Waals surface area contributed by atoms with Crippen molar-refractivity contribution in [3.63, 3.8) is 0 Å². The van der Waals surface area contributed by atoms with Gasteiger partial charge in [0.05, 0.1) is 5.56 Å². The first kappa shape index (κ1) is 16.9. The van der Waals surface area contributed by atoms with E-state index < -0.39 is 17.8 Å². The minimum Gasteiger partial charge on any atom is -0.383 e. The predicted molar refractivity (Wildman–Crippen MR) is 79.2 cm³/mol. The normalized spacial score (nSPS) is 28.5. The van der Waals surface area contributed by atoms with Crippen LogP contribution in [-0.4, -0.2) is 57.7 Å². The van der Waals surface area contributed by atoms with Crippen molar-refractivity contribution in [2.45, 2.75) is 38.1 Å². The van der Waals surface area contributed by atoms with Crippen molar-refractivity contribution >= 4 is 11.9 Å². The summed E-state index contributed by atoms with van der Waals surface area (Å²) in [7, 11) is 0. The van der Waals surface area contributed by atoms with Crippen molar-refractivity contribution in [3.05, 3.63) is 18.0 Å². The molecule has 1 N–H and O–H groups in total. The Labute approximate surface area is 137 Å². The Morgan fingerprint density at radius 1 is 1.21 bits per heavy atom. The lowest BCUT2D eigenvalue weighted by molar-refractivity contribution is -0.138. The molecule has 24 heavy (non-hydrogen) atoms. The molecule has 0 unspecified atom stereocenters. The number of aromatic nitrogens is 2. The number of halogens is 3. The molecule has 3 rings (SSSR count). The maximum Gasteiger partial charge on any atom is 0.419 e. The number of anilines is 1. The van der Waals surface area contributed by atoms with Crippen LogP contribution in [0.1, 0.15) is 25.3 Å². The lowest BCUT2D eigenvalue weighted by atomic mass is 9.92. The number of aliphatic hydroxyl groups excluding tert-OH is 1. The topological polar surface area (TPSA) is 69.6 Å². The third-order valence-electron chi connectivity index (χ3n) is 4.72. The van der Waals surface area contributed by atoms with Gasteiger partial charge in [0, 0.05) is 38.1 Å². The van der Waals surface area contributed by atoms with E-state index in [1.54, 1.807) is 4.90 Å². The molecular weight excluding hydrogens is 325 g/mol. The summed E-state index contributed by atoms with van der Waals surface area (Å²) in [5, 5.41) is 9.59. The zero-order valence-corrected chi connectivity index (χ0v) is 13.2. The number of likely N-dealkylation sites (tertiary alicyclic amines) is 1. The number of amides is 1. The molecule has 1 aromatic rings. The van der Waals surface area contributed by atoms with Crippen LogP contribution in [0.5, 0.6) is 0 Å². The second kappa shape index (κ2) is 6.19. The second-order valence-electron chi connectivity index (χ2n) is 6.38. The number of carbonyl (C=O) groups is 1. The number of hydrogen-bond donors (Lipinski definition) is 1. The highest BCUT2D eigenvalue weighted by atomic mass is 19.4. The SMILES string of the molecule is C[C@@H]1CN(c2ncc(C(F)(F)F)cn2)CC[C@@H]1N1CC[C@@H](O)C1=O. The standard InChI is InChI=1S/C15H19F3N4O2/c1-9-8-21(14-19-6-10(7-20-14)15(16,17)18)4-2-11(9)22-5-3-12(23)13(22)24/h6-7,9,11-12,23H,2-5,8H2,1H3/t9-,11+,12-/m1/s1. The number of nitrogens with zero attached hydrogens (tertiary/aromatic N) is 4. The number of alkyl halides is 3. The van der Waals surface area contributed by atoms with Crippen molar-refractivity contribution in [1.29, 1.82) is 0 Å². The van der Waals surface area contributed by atoms with Crippen molar-refractivity contribution in [2.75, 3.05) is 24.5 Å². The Morgan fingerprint density at radius 2 is 1.88 bits per heavy atom. The molecule has 0 aromatic carbocycles. The van der Waals surface area contributed by atoms with E-state index in [4.69, 9.17) is 0 Å². The predicted octanol–water partition coefficient (Wildman–Crippen LogP) is 1.30. The summed E-state index contributed by atoms with van der Waals surface area (Å²) in [4.78, 5) is 23.2. The summed E-state index contributed by atoms with van der Waals surface area (Å²) in [6.45, 7) is 3.64. The average molecular weight is 344 g/mol. The maximum atomic E-state index is 12.6. The van der Waals surface area contributed by atoms with Gasteiger partial charge < -0.3 is 14.9 Å². The lowest BCUT2D eigenvalue weighted by Crippen LogP contribution is -2.51. The van der Waals surface area contributed by atoms with E-state index in [9.17, 15) is 23.1 Å². The van der Waals surface area contributed by atoms with Crippen molar-refractivity contribution < 1.29 is 23.1 Å². The van der Waals surface area contributed by atoms with Crippen LogP contribution in [0.3, 0.4) is 0 Å². The molecule has 0 bridgehead atoms. The Kier molecular flexibility index (Phi) is 4.37. The Morgan fingerprint density at radius 3 is 2.38 bits per heavy atom. The summed E-state index contributed by atoms with van der Waals surface area (Å²) >= 11 is 0. The molecule has 2 saturated heterocycles. The number of aliphatic hydroxyl groups is 1. The van der Waals surface area contributed by atoms with Gasteiger partial charge in [-0.05, 0) is 18.8 Å². The lowest BCUT2D eigenvalue weighted by Gasteiger charge is -2.41. The zero-order valence-electron chi connectivity index (χ0n) is 13.2. The van der Waals surface area contributed by atoms with Gasteiger partial charge in [-0.25, -0.2) is 9.97 Å². The van der Waals surface area contributed by atoms with Gasteiger partial charge >= 0.3 is 6.18 Å². The van der Waals surface area contributed by atoms with Gasteiger partial charge in [-0.1, -0.05) is 6.92 Å². The number of hydrogen-bond acceptors (Lipinski definition) is 5. The molecule has 0 saturated carbocycles. The molecule has 2 fully saturated rings. The van der Waals surface area contributed by atoms with Crippen LogP contribution in [0.15, 0.2) is 12.4 Å². The summed E-state index contributed by atoms with van der Waals surface area (Å²) in [5.41, 5.74) is -0.870. The Hall–Kier alpha value is -1.90. The van der Waals surface area contributed by atoms with Gasteiger partial charge in [0.25, 0.3) is 5.91 Å². The van der Waals surface area contributed by atoms with Gasteiger partial charge in [0.15, 0.2) is 0 Å². The van der Waals surface area contributed by atoms with Crippen molar-refractivity contribution in [1.82, 2.24) is 14.9 Å². The van der Waals surface area contributed by atoms with Crippen molar-refractivity contribution in [2.24, 2.45) is 5.92 Å². The molecule has 2 aliphatic heterocycles. The number of piperidine rings is 1. The quantitative estimate of drug-likeness (QED) is 0.876. The van der Waals surface area contributed by atoms with E-state index in [-0.39, 0.29) is 23.8 Å². The van der Waals surface area contributed by atoms with Gasteiger partial charge in [-0.3, -0.25) is 4.79 Å². The monoisotopic (exact) mass is 344 g/mol. The molecule has 0 spiro atoms. The summed E-state index contributed by atoms with van der Waals surface area (Å²) < 4.78 is 37.7. The van der Waals surface area contributed by atoms with Gasteiger partial charge in [-0.15, -0.1) is 0 Å². The van der Waals surface area contributed by atoms with E-state index in [0.717, 1.165) is 12.4 Å². The van der Waals surface area contributed by atoms with Crippen LogP contribution < -0.4 is 4.90 Å². The van der Waals surface area contributed by atoms with Crippen LogP contribution in [0.4, 0.5) is 19.1 Å². The molecule has 2 aliphatic rings. The molecule has 132 valence electrons. The molecule has 9 heteroatoms. The Bertz CT molecular complexity index is 608. The highest BCUT2D eigenvalue weighted by molar-refractivity contribution is 5.83. The fraction of sp³-hybridized carbons (Fsp3) is 0.667. The van der Waals surface area contributed by atoms with Crippen LogP contribution in [0, 0.1) is 5.92 Å². The van der Waals surface area contributed by atoms with Crippen LogP contribution >= 0.6 is 0 Å². The van der Waals surface area contributed by atoms with E-state index in [1.165, 1.54) is 0 Å². The third kappa shape index (κ3) is 3.17. The fourth-order valence-electron chi connectivity index (χ4n) is 3.42. The van der Waals surface area contributed by atoms with Gasteiger partial charge in [-0.2, -0.15) is 13.2 Å². The first-order chi connectivity index (χ1) is 11.3. The summed E-state index contributed by atoms with van der Waals surface area (Å²) in [6.07, 6.45) is -2.65. The molecule has 3 atom stereocenters. The zero-order chi connectivity index (χ0) is 17.5. The van der Waals surface area contributed by atoms with E-state index in [1.807, 2.05) is 11.8 Å². The highest BCUT2D eigenvalue weighted by Crippen LogP contribution is 2.30. The minimum atomic E-state index is -4.45.